The molecule has 1 unspecified atom stereocenters. The second kappa shape index (κ2) is 8.35. The number of halogens is 1. The summed E-state index contributed by atoms with van der Waals surface area (Å²) in [6, 6.07) is 20.3. The molecule has 1 atom stereocenters. The maximum Gasteiger partial charge on any atom is 0.251 e. The van der Waals surface area contributed by atoms with E-state index in [1.165, 1.54) is 6.07 Å². The Morgan fingerprint density at radius 2 is 1.64 bits per heavy atom. The van der Waals surface area contributed by atoms with Crippen LogP contribution in [0.5, 0.6) is 0 Å². The molecule has 0 saturated heterocycles. The first-order valence-electron chi connectivity index (χ1n) is 8.79. The Kier molecular flexibility index (Phi) is 5.90. The quantitative estimate of drug-likeness (QED) is 0.675. The summed E-state index contributed by atoms with van der Waals surface area (Å²) in [6.45, 7) is 1.69. The summed E-state index contributed by atoms with van der Waals surface area (Å²) in [5.41, 5.74) is 1.22. The second-order valence-corrected chi connectivity index (χ2v) is 8.48. The van der Waals surface area contributed by atoms with Gasteiger partial charge in [0.15, 0.2) is 9.84 Å². The van der Waals surface area contributed by atoms with Gasteiger partial charge in [-0.15, -0.1) is 0 Å². The van der Waals surface area contributed by atoms with Crippen LogP contribution >= 0.6 is 0 Å². The molecule has 0 bridgehead atoms. The molecule has 0 aromatic heterocycles. The monoisotopic (exact) mass is 397 g/mol. The first-order valence-corrected chi connectivity index (χ1v) is 10.4. The molecular weight excluding hydrogens is 377 g/mol. The fourth-order valence-corrected chi connectivity index (χ4v) is 4.27. The maximum atomic E-state index is 13.9. The minimum absolute atomic E-state index is 0.207. The predicted molar refractivity (Wildman–Crippen MR) is 106 cm³/mol. The SMILES string of the molecule is CC(NC(=O)c1cccc(CS(=O)(=O)c2ccccc2)c1)c1ccccc1F. The van der Waals surface area contributed by atoms with Gasteiger partial charge in [-0.25, -0.2) is 12.8 Å². The third-order valence-corrected chi connectivity index (χ3v) is 6.07. The molecular formula is C22H20FNO3S. The van der Waals surface area contributed by atoms with E-state index in [9.17, 15) is 17.6 Å². The van der Waals surface area contributed by atoms with Crippen LogP contribution in [0.3, 0.4) is 0 Å². The topological polar surface area (TPSA) is 63.2 Å². The van der Waals surface area contributed by atoms with Gasteiger partial charge in [0.25, 0.3) is 5.91 Å². The van der Waals surface area contributed by atoms with Gasteiger partial charge < -0.3 is 5.32 Å². The highest BCUT2D eigenvalue weighted by Crippen LogP contribution is 2.19. The van der Waals surface area contributed by atoms with Gasteiger partial charge >= 0.3 is 0 Å². The van der Waals surface area contributed by atoms with E-state index >= 15 is 0 Å². The average molecular weight is 397 g/mol. The first-order chi connectivity index (χ1) is 13.4. The van der Waals surface area contributed by atoms with Crippen LogP contribution in [-0.4, -0.2) is 14.3 Å². The number of carbonyl (C=O) groups excluding carboxylic acids is 1. The van der Waals surface area contributed by atoms with Crippen molar-refractivity contribution in [3.05, 3.63) is 101 Å². The molecule has 1 amide bonds. The van der Waals surface area contributed by atoms with E-state index in [0.717, 1.165) is 0 Å². The van der Waals surface area contributed by atoms with Gasteiger partial charge in [-0.1, -0.05) is 48.5 Å². The lowest BCUT2D eigenvalue weighted by atomic mass is 10.1. The standard InChI is InChI=1S/C22H20FNO3S/c1-16(20-12-5-6-13-21(20)23)24-22(25)18-9-7-8-17(14-18)15-28(26,27)19-10-3-2-4-11-19/h2-14,16H,15H2,1H3,(H,24,25). The second-order valence-electron chi connectivity index (χ2n) is 6.49. The molecule has 0 aliphatic rings. The molecule has 1 N–H and O–H groups in total. The lowest BCUT2D eigenvalue weighted by Crippen LogP contribution is -2.27. The largest absolute Gasteiger partial charge is 0.345 e. The third kappa shape index (κ3) is 4.64. The molecule has 0 aliphatic heterocycles. The summed E-state index contributed by atoms with van der Waals surface area (Å²) >= 11 is 0. The van der Waals surface area contributed by atoms with Gasteiger partial charge in [-0.2, -0.15) is 0 Å². The zero-order chi connectivity index (χ0) is 20.1. The van der Waals surface area contributed by atoms with Gasteiger partial charge in [0, 0.05) is 11.1 Å². The lowest BCUT2D eigenvalue weighted by molar-refractivity contribution is 0.0939. The molecule has 3 rings (SSSR count). The number of hydrogen-bond donors (Lipinski definition) is 1. The van der Waals surface area contributed by atoms with Crippen LogP contribution in [0.25, 0.3) is 0 Å². The Bertz CT molecular complexity index is 1080. The zero-order valence-electron chi connectivity index (χ0n) is 15.3. The van der Waals surface area contributed by atoms with Crippen LogP contribution < -0.4 is 5.32 Å². The number of hydrogen-bond acceptors (Lipinski definition) is 3. The lowest BCUT2D eigenvalue weighted by Gasteiger charge is -2.15. The highest BCUT2D eigenvalue weighted by atomic mass is 32.2. The highest BCUT2D eigenvalue weighted by Gasteiger charge is 2.17. The molecule has 6 heteroatoms. The van der Waals surface area contributed by atoms with E-state index in [1.54, 1.807) is 79.7 Å². The van der Waals surface area contributed by atoms with Crippen molar-refractivity contribution in [2.75, 3.05) is 0 Å². The molecule has 0 aliphatic carbocycles. The Balaban J connectivity index is 1.76. The minimum Gasteiger partial charge on any atom is -0.345 e. The number of sulfone groups is 1. The van der Waals surface area contributed by atoms with E-state index in [2.05, 4.69) is 5.32 Å². The van der Waals surface area contributed by atoms with Crippen molar-refractivity contribution < 1.29 is 17.6 Å². The van der Waals surface area contributed by atoms with Crippen molar-refractivity contribution in [2.45, 2.75) is 23.6 Å². The number of amides is 1. The number of rotatable bonds is 6. The molecule has 144 valence electrons. The average Bonchev–Trinajstić information content (AvgIpc) is 2.69. The fourth-order valence-electron chi connectivity index (χ4n) is 2.92. The van der Waals surface area contributed by atoms with Crippen molar-refractivity contribution in [2.24, 2.45) is 0 Å². The van der Waals surface area contributed by atoms with Gasteiger partial charge in [-0.3, -0.25) is 4.79 Å². The summed E-state index contributed by atoms with van der Waals surface area (Å²) in [5, 5.41) is 2.75. The Hall–Kier alpha value is -2.99. The molecule has 3 aromatic rings. The molecule has 0 spiro atoms. The van der Waals surface area contributed by atoms with Crippen LogP contribution in [0.1, 0.15) is 34.5 Å². The van der Waals surface area contributed by atoms with Crippen molar-refractivity contribution in [1.82, 2.24) is 5.32 Å². The van der Waals surface area contributed by atoms with E-state index in [4.69, 9.17) is 0 Å². The minimum atomic E-state index is -3.51. The van der Waals surface area contributed by atoms with E-state index < -0.39 is 27.6 Å². The fraction of sp³-hybridized carbons (Fsp3) is 0.136. The molecule has 4 nitrogen and oxygen atoms in total. The summed E-state index contributed by atoms with van der Waals surface area (Å²) in [6.07, 6.45) is 0. The Labute approximate surface area is 164 Å². The van der Waals surface area contributed by atoms with Gasteiger partial charge in [0.1, 0.15) is 5.82 Å². The van der Waals surface area contributed by atoms with Gasteiger partial charge in [0.2, 0.25) is 0 Å². The number of nitrogens with one attached hydrogen (secondary N) is 1. The van der Waals surface area contributed by atoms with Crippen LogP contribution in [0, 0.1) is 5.82 Å². The van der Waals surface area contributed by atoms with Gasteiger partial charge in [-0.05, 0) is 42.8 Å². The molecule has 0 fully saturated rings. The van der Waals surface area contributed by atoms with Crippen molar-refractivity contribution in [3.8, 4) is 0 Å². The van der Waals surface area contributed by atoms with Crippen molar-refractivity contribution >= 4 is 15.7 Å². The maximum absolute atomic E-state index is 13.9. The van der Waals surface area contributed by atoms with E-state index in [-0.39, 0.29) is 10.6 Å². The van der Waals surface area contributed by atoms with E-state index in [1.807, 2.05) is 0 Å². The van der Waals surface area contributed by atoms with Gasteiger partial charge in [0.05, 0.1) is 16.7 Å². The summed E-state index contributed by atoms with van der Waals surface area (Å²) in [7, 11) is -3.51. The first kappa shape index (κ1) is 19.8. The smallest absolute Gasteiger partial charge is 0.251 e. The Morgan fingerprint density at radius 1 is 0.964 bits per heavy atom. The van der Waals surface area contributed by atoms with Crippen LogP contribution in [-0.2, 0) is 15.6 Å². The Morgan fingerprint density at radius 3 is 2.36 bits per heavy atom. The van der Waals surface area contributed by atoms with Crippen LogP contribution in [0.4, 0.5) is 4.39 Å². The number of carbonyl (C=O) groups is 1. The van der Waals surface area contributed by atoms with Crippen molar-refractivity contribution in [1.29, 1.82) is 0 Å². The molecule has 28 heavy (non-hydrogen) atoms. The number of benzene rings is 3. The molecule has 0 heterocycles. The normalized spacial score (nSPS) is 12.4. The third-order valence-electron chi connectivity index (χ3n) is 4.37. The summed E-state index contributed by atoms with van der Waals surface area (Å²) in [4.78, 5) is 12.8. The summed E-state index contributed by atoms with van der Waals surface area (Å²) in [5.74, 6) is -0.992. The molecule has 0 radical (unpaired) electrons. The van der Waals surface area contributed by atoms with Crippen molar-refractivity contribution in [3.63, 3.8) is 0 Å². The molecule has 0 saturated carbocycles. The zero-order valence-corrected chi connectivity index (χ0v) is 16.1. The van der Waals surface area contributed by atoms with Crippen LogP contribution in [0.2, 0.25) is 0 Å². The van der Waals surface area contributed by atoms with Crippen LogP contribution in [0.15, 0.2) is 83.8 Å². The molecule has 3 aromatic carbocycles. The highest BCUT2D eigenvalue weighted by molar-refractivity contribution is 7.90. The predicted octanol–water partition coefficient (Wildman–Crippen LogP) is 4.29. The van der Waals surface area contributed by atoms with E-state index in [0.29, 0.717) is 16.7 Å². The summed E-state index contributed by atoms with van der Waals surface area (Å²) < 4.78 is 39.0.